The summed E-state index contributed by atoms with van der Waals surface area (Å²) in [6.07, 6.45) is 1.31. The molecule has 0 atom stereocenters. The zero-order valence-corrected chi connectivity index (χ0v) is 12.7. The molecule has 2 aromatic heterocycles. The summed E-state index contributed by atoms with van der Waals surface area (Å²) in [7, 11) is 0. The van der Waals surface area contributed by atoms with Gasteiger partial charge in [0.25, 0.3) is 0 Å². The number of hydrogen-bond donors (Lipinski definition) is 2. The van der Waals surface area contributed by atoms with Gasteiger partial charge in [0.05, 0.1) is 11.6 Å². The summed E-state index contributed by atoms with van der Waals surface area (Å²) in [6, 6.07) is 8.48. The van der Waals surface area contributed by atoms with E-state index in [0.717, 1.165) is 12.1 Å². The van der Waals surface area contributed by atoms with Gasteiger partial charge in [0.2, 0.25) is 0 Å². The van der Waals surface area contributed by atoms with Gasteiger partial charge in [-0.2, -0.15) is 0 Å². The highest BCUT2D eigenvalue weighted by molar-refractivity contribution is 5.96. The molecule has 0 fully saturated rings. The second-order valence-corrected chi connectivity index (χ2v) is 5.52. The number of H-pyrrole nitrogens is 1. The Kier molecular flexibility index (Phi) is 3.42. The number of aromatic nitrogens is 1. The van der Waals surface area contributed by atoms with E-state index in [1.165, 1.54) is 12.3 Å². The molecular formula is C18H11F2NO4. The van der Waals surface area contributed by atoms with Gasteiger partial charge in [-0.05, 0) is 18.2 Å². The molecule has 0 aliphatic carbocycles. The standard InChI is InChI=1S/C18H11F2NO4/c19-10-4-12(20)17-9(8-25-16(17)5-10)7-24-15-3-1-2-13-11(15)6-14(21-13)18(22)23/h1-6,8,21H,7H2,(H,22,23). The normalized spacial score (nSPS) is 11.3. The monoisotopic (exact) mass is 343 g/mol. The highest BCUT2D eigenvalue weighted by Gasteiger charge is 2.15. The van der Waals surface area contributed by atoms with Crippen molar-refractivity contribution in [2.45, 2.75) is 6.61 Å². The molecule has 0 radical (unpaired) electrons. The highest BCUT2D eigenvalue weighted by Crippen LogP contribution is 2.30. The van der Waals surface area contributed by atoms with Crippen LogP contribution in [0.2, 0.25) is 0 Å². The van der Waals surface area contributed by atoms with Crippen LogP contribution in [0.25, 0.3) is 21.9 Å². The number of benzene rings is 2. The number of carboxylic acid groups (broad SMARTS) is 1. The molecule has 0 aliphatic heterocycles. The van der Waals surface area contributed by atoms with E-state index in [4.69, 9.17) is 14.3 Å². The topological polar surface area (TPSA) is 75.5 Å². The number of hydrogen-bond acceptors (Lipinski definition) is 3. The van der Waals surface area contributed by atoms with Crippen molar-refractivity contribution >= 4 is 27.8 Å². The van der Waals surface area contributed by atoms with E-state index in [1.54, 1.807) is 18.2 Å². The van der Waals surface area contributed by atoms with Crippen LogP contribution < -0.4 is 4.74 Å². The van der Waals surface area contributed by atoms with Crippen molar-refractivity contribution in [1.29, 1.82) is 0 Å². The van der Waals surface area contributed by atoms with Crippen molar-refractivity contribution < 1.29 is 27.8 Å². The fraction of sp³-hybridized carbons (Fsp3) is 0.0556. The number of carboxylic acids is 1. The Bertz CT molecular complexity index is 1110. The lowest BCUT2D eigenvalue weighted by atomic mass is 10.1. The third-order valence-electron chi connectivity index (χ3n) is 3.91. The second-order valence-electron chi connectivity index (χ2n) is 5.52. The first kappa shape index (κ1) is 15.2. The highest BCUT2D eigenvalue weighted by atomic mass is 19.1. The van der Waals surface area contributed by atoms with Crippen LogP contribution >= 0.6 is 0 Å². The molecule has 0 spiro atoms. The quantitative estimate of drug-likeness (QED) is 0.573. The lowest BCUT2D eigenvalue weighted by molar-refractivity contribution is 0.0691. The summed E-state index contributed by atoms with van der Waals surface area (Å²) in [4.78, 5) is 13.9. The minimum atomic E-state index is -1.08. The average molecular weight is 343 g/mol. The summed E-state index contributed by atoms with van der Waals surface area (Å²) in [5.41, 5.74) is 1.18. The maximum absolute atomic E-state index is 14.0. The van der Waals surface area contributed by atoms with Gasteiger partial charge in [-0.25, -0.2) is 13.6 Å². The third-order valence-corrected chi connectivity index (χ3v) is 3.91. The number of aromatic amines is 1. The van der Waals surface area contributed by atoms with Crippen LogP contribution in [0.4, 0.5) is 8.78 Å². The Labute approximate surface area is 139 Å². The maximum Gasteiger partial charge on any atom is 0.352 e. The van der Waals surface area contributed by atoms with Crippen molar-refractivity contribution in [2.24, 2.45) is 0 Å². The van der Waals surface area contributed by atoms with Crippen molar-refractivity contribution in [3.63, 3.8) is 0 Å². The minimum absolute atomic E-state index is 0.0117. The molecule has 0 saturated carbocycles. The van der Waals surface area contributed by atoms with Gasteiger partial charge in [0.15, 0.2) is 0 Å². The van der Waals surface area contributed by atoms with Gasteiger partial charge in [-0.3, -0.25) is 0 Å². The van der Waals surface area contributed by atoms with Crippen molar-refractivity contribution in [1.82, 2.24) is 4.98 Å². The van der Waals surface area contributed by atoms with Crippen molar-refractivity contribution in [2.75, 3.05) is 0 Å². The Morgan fingerprint density at radius 3 is 2.88 bits per heavy atom. The maximum atomic E-state index is 14.0. The minimum Gasteiger partial charge on any atom is -0.488 e. The summed E-state index contributed by atoms with van der Waals surface area (Å²) >= 11 is 0. The molecule has 7 heteroatoms. The van der Waals surface area contributed by atoms with Crippen LogP contribution in [0.3, 0.4) is 0 Å². The molecular weight excluding hydrogens is 332 g/mol. The largest absolute Gasteiger partial charge is 0.488 e. The lowest BCUT2D eigenvalue weighted by Crippen LogP contribution is -1.96. The Hall–Kier alpha value is -3.35. The Balaban J connectivity index is 1.68. The number of ether oxygens (including phenoxy) is 1. The summed E-state index contributed by atoms with van der Waals surface area (Å²) in [6.45, 7) is -0.0117. The molecule has 4 aromatic rings. The first-order valence-electron chi connectivity index (χ1n) is 7.36. The second kappa shape index (κ2) is 5.62. The predicted octanol–water partition coefficient (Wildman–Crippen LogP) is 4.47. The molecule has 5 nitrogen and oxygen atoms in total. The molecule has 2 aromatic carbocycles. The Morgan fingerprint density at radius 1 is 1.24 bits per heavy atom. The summed E-state index contributed by atoms with van der Waals surface area (Å²) in [5, 5.41) is 9.83. The summed E-state index contributed by atoms with van der Waals surface area (Å²) < 4.78 is 38.1. The number of rotatable bonds is 4. The molecule has 126 valence electrons. The molecule has 25 heavy (non-hydrogen) atoms. The van der Waals surface area contributed by atoms with Crippen molar-refractivity contribution in [3.05, 3.63) is 65.6 Å². The van der Waals surface area contributed by atoms with Crippen LogP contribution in [0.5, 0.6) is 5.75 Å². The molecule has 4 rings (SSSR count). The number of aromatic carboxylic acids is 1. The number of carbonyl (C=O) groups is 1. The molecule has 2 N–H and O–H groups in total. The van der Waals surface area contributed by atoms with Gasteiger partial charge < -0.3 is 19.2 Å². The summed E-state index contributed by atoms with van der Waals surface area (Å²) in [5.74, 6) is -2.08. The lowest BCUT2D eigenvalue weighted by Gasteiger charge is -2.06. The first-order chi connectivity index (χ1) is 12.0. The number of fused-ring (bicyclic) bond motifs is 2. The van der Waals surface area contributed by atoms with E-state index in [2.05, 4.69) is 4.98 Å². The van der Waals surface area contributed by atoms with E-state index < -0.39 is 17.6 Å². The van der Waals surface area contributed by atoms with Gasteiger partial charge >= 0.3 is 5.97 Å². The van der Waals surface area contributed by atoms with Crippen molar-refractivity contribution in [3.8, 4) is 5.75 Å². The van der Waals surface area contributed by atoms with Crippen LogP contribution in [0, 0.1) is 11.6 Å². The molecule has 0 unspecified atom stereocenters. The zero-order valence-electron chi connectivity index (χ0n) is 12.7. The predicted molar refractivity (Wildman–Crippen MR) is 85.7 cm³/mol. The molecule has 0 aliphatic rings. The number of halogens is 2. The fourth-order valence-electron chi connectivity index (χ4n) is 2.78. The fourth-order valence-corrected chi connectivity index (χ4v) is 2.78. The molecule has 0 saturated heterocycles. The van der Waals surface area contributed by atoms with Crippen LogP contribution in [0.15, 0.2) is 47.1 Å². The molecule has 0 amide bonds. The van der Waals surface area contributed by atoms with E-state index in [1.807, 2.05) is 0 Å². The van der Waals surface area contributed by atoms with E-state index in [9.17, 15) is 13.6 Å². The van der Waals surface area contributed by atoms with Gasteiger partial charge in [-0.15, -0.1) is 0 Å². The van der Waals surface area contributed by atoms with E-state index in [-0.39, 0.29) is 23.3 Å². The average Bonchev–Trinajstić information content (AvgIpc) is 3.16. The van der Waals surface area contributed by atoms with Gasteiger partial charge in [0.1, 0.15) is 35.3 Å². The SMILES string of the molecule is O=C(O)c1cc2c(OCc3coc4cc(F)cc(F)c34)cccc2[nH]1. The van der Waals surface area contributed by atoms with Gasteiger partial charge in [0, 0.05) is 28.6 Å². The van der Waals surface area contributed by atoms with E-state index >= 15 is 0 Å². The first-order valence-corrected chi connectivity index (χ1v) is 7.36. The van der Waals surface area contributed by atoms with E-state index in [0.29, 0.717) is 22.2 Å². The van der Waals surface area contributed by atoms with Gasteiger partial charge in [-0.1, -0.05) is 6.07 Å². The molecule has 2 heterocycles. The van der Waals surface area contributed by atoms with Crippen LogP contribution in [0.1, 0.15) is 16.1 Å². The number of nitrogens with one attached hydrogen (secondary N) is 1. The third kappa shape index (κ3) is 2.59. The number of furan rings is 1. The zero-order chi connectivity index (χ0) is 17.6. The van der Waals surface area contributed by atoms with Crippen LogP contribution in [-0.2, 0) is 6.61 Å². The smallest absolute Gasteiger partial charge is 0.352 e. The molecule has 0 bridgehead atoms. The Morgan fingerprint density at radius 2 is 2.08 bits per heavy atom. The van der Waals surface area contributed by atoms with Crippen LogP contribution in [-0.4, -0.2) is 16.1 Å².